The second-order valence-corrected chi connectivity index (χ2v) is 9.27. The monoisotopic (exact) mass is 406 g/mol. The van der Waals surface area contributed by atoms with Crippen molar-refractivity contribution in [2.45, 2.75) is 44.6 Å². The largest absolute Gasteiger partial charge is 0.452 e. The maximum atomic E-state index is 12.7. The average molecular weight is 407 g/mol. The van der Waals surface area contributed by atoms with E-state index >= 15 is 0 Å². The quantitative estimate of drug-likeness (QED) is 0.650. The van der Waals surface area contributed by atoms with Crippen molar-refractivity contribution in [3.63, 3.8) is 0 Å². The first-order chi connectivity index (χ1) is 13.3. The zero-order chi connectivity index (χ0) is 20.3. The molecule has 0 atom stereocenters. The maximum Gasteiger partial charge on any atom is 0.340 e. The van der Waals surface area contributed by atoms with E-state index in [2.05, 4.69) is 6.08 Å². The Morgan fingerprint density at radius 3 is 2.50 bits per heavy atom. The molecule has 0 spiro atoms. The van der Waals surface area contributed by atoms with Gasteiger partial charge in [0.1, 0.15) is 0 Å². The lowest BCUT2D eigenvalue weighted by molar-refractivity contribution is -0.133. The maximum absolute atomic E-state index is 12.7. The Bertz CT molecular complexity index is 890. The molecule has 8 heteroatoms. The van der Waals surface area contributed by atoms with Crippen LogP contribution in [-0.2, 0) is 19.6 Å². The number of benzene rings is 1. The molecule has 0 radical (unpaired) electrons. The highest BCUT2D eigenvalue weighted by atomic mass is 32.2. The van der Waals surface area contributed by atoms with Crippen LogP contribution in [0.4, 0.5) is 5.69 Å². The first-order valence-corrected chi connectivity index (χ1v) is 11.3. The molecule has 3 rings (SSSR count). The van der Waals surface area contributed by atoms with Gasteiger partial charge < -0.3 is 9.64 Å². The second kappa shape index (κ2) is 8.34. The van der Waals surface area contributed by atoms with Crippen LogP contribution in [0.2, 0.25) is 0 Å². The first kappa shape index (κ1) is 20.4. The lowest BCUT2D eigenvalue weighted by Crippen LogP contribution is -2.36. The number of esters is 1. The standard InChI is InChI=1S/C20H26N2O5S/c1-21(28(2,25)26)18-11-7-6-10-17(18)20(24)27-14-19(23)22(16-12-13-16)15-8-4-3-5-9-15/h6-8,10-11,16H,3-5,9,12-14H2,1-2H3. The summed E-state index contributed by atoms with van der Waals surface area (Å²) in [4.78, 5) is 27.1. The molecular formula is C20H26N2O5S. The van der Waals surface area contributed by atoms with Gasteiger partial charge in [0, 0.05) is 18.8 Å². The number of amides is 1. The van der Waals surface area contributed by atoms with Gasteiger partial charge in [-0.25, -0.2) is 13.2 Å². The van der Waals surface area contributed by atoms with Crippen LogP contribution in [0.15, 0.2) is 36.0 Å². The highest BCUT2D eigenvalue weighted by Crippen LogP contribution is 2.33. The minimum Gasteiger partial charge on any atom is -0.452 e. The minimum absolute atomic E-state index is 0.109. The summed E-state index contributed by atoms with van der Waals surface area (Å²) in [6.45, 7) is -0.358. The summed E-state index contributed by atoms with van der Waals surface area (Å²) in [6.07, 6.45) is 9.15. The third-order valence-corrected chi connectivity index (χ3v) is 6.24. The molecule has 0 heterocycles. The fourth-order valence-electron chi connectivity index (χ4n) is 3.35. The topological polar surface area (TPSA) is 84.0 Å². The predicted octanol–water partition coefficient (Wildman–Crippen LogP) is 2.69. The number of allylic oxidation sites excluding steroid dienone is 2. The van der Waals surface area contributed by atoms with Crippen LogP contribution in [0.3, 0.4) is 0 Å². The van der Waals surface area contributed by atoms with Crippen molar-refractivity contribution in [1.29, 1.82) is 0 Å². The molecule has 0 aromatic heterocycles. The van der Waals surface area contributed by atoms with E-state index in [0.717, 1.165) is 54.8 Å². The SMILES string of the molecule is CN(c1ccccc1C(=O)OCC(=O)N(C1=CCCCC1)C1CC1)S(C)(=O)=O. The van der Waals surface area contributed by atoms with E-state index in [-0.39, 0.29) is 29.8 Å². The molecule has 28 heavy (non-hydrogen) atoms. The molecule has 0 unspecified atom stereocenters. The number of hydrogen-bond donors (Lipinski definition) is 0. The van der Waals surface area contributed by atoms with E-state index in [1.165, 1.54) is 19.2 Å². The summed E-state index contributed by atoms with van der Waals surface area (Å²) in [7, 11) is -2.16. The van der Waals surface area contributed by atoms with Gasteiger partial charge in [-0.2, -0.15) is 0 Å². The summed E-state index contributed by atoms with van der Waals surface area (Å²) < 4.78 is 29.9. The molecule has 0 N–H and O–H groups in total. The Labute approximate surface area is 166 Å². The summed E-state index contributed by atoms with van der Waals surface area (Å²) in [5.74, 6) is -0.939. The number of para-hydroxylation sites is 1. The highest BCUT2D eigenvalue weighted by Gasteiger charge is 2.35. The van der Waals surface area contributed by atoms with Crippen LogP contribution in [0.25, 0.3) is 0 Å². The Balaban J connectivity index is 1.70. The summed E-state index contributed by atoms with van der Waals surface area (Å²) in [5.41, 5.74) is 1.36. The van der Waals surface area contributed by atoms with Crippen LogP contribution >= 0.6 is 0 Å². The number of carbonyl (C=O) groups is 2. The number of carbonyl (C=O) groups excluding carboxylic acids is 2. The molecule has 0 bridgehead atoms. The Morgan fingerprint density at radius 2 is 1.89 bits per heavy atom. The van der Waals surface area contributed by atoms with Crippen molar-refractivity contribution >= 4 is 27.6 Å². The number of nitrogens with zero attached hydrogens (tertiary/aromatic N) is 2. The van der Waals surface area contributed by atoms with Crippen molar-refractivity contribution in [2.24, 2.45) is 0 Å². The zero-order valence-electron chi connectivity index (χ0n) is 16.3. The molecule has 2 aliphatic rings. The normalized spacial score (nSPS) is 16.9. The summed E-state index contributed by atoms with van der Waals surface area (Å²) >= 11 is 0. The van der Waals surface area contributed by atoms with Crippen molar-refractivity contribution < 1.29 is 22.7 Å². The molecule has 1 amide bonds. The van der Waals surface area contributed by atoms with Gasteiger partial charge in [-0.1, -0.05) is 18.2 Å². The lowest BCUT2D eigenvalue weighted by atomic mass is 10.0. The van der Waals surface area contributed by atoms with Crippen molar-refractivity contribution in [2.75, 3.05) is 24.2 Å². The summed E-state index contributed by atoms with van der Waals surface area (Å²) in [5, 5.41) is 0. The van der Waals surface area contributed by atoms with Gasteiger partial charge in [-0.05, 0) is 50.7 Å². The molecule has 1 aromatic carbocycles. The molecular weight excluding hydrogens is 380 g/mol. The van der Waals surface area contributed by atoms with Crippen LogP contribution in [0.1, 0.15) is 48.9 Å². The third kappa shape index (κ3) is 4.73. The molecule has 1 aromatic rings. The molecule has 152 valence electrons. The smallest absolute Gasteiger partial charge is 0.340 e. The average Bonchev–Trinajstić information content (AvgIpc) is 3.51. The van der Waals surface area contributed by atoms with Crippen LogP contribution in [-0.4, -0.2) is 51.1 Å². The van der Waals surface area contributed by atoms with Crippen molar-refractivity contribution in [3.05, 3.63) is 41.6 Å². The number of hydrogen-bond acceptors (Lipinski definition) is 5. The molecule has 1 saturated carbocycles. The first-order valence-electron chi connectivity index (χ1n) is 9.50. The van der Waals surface area contributed by atoms with Gasteiger partial charge in [0.2, 0.25) is 10.0 Å². The lowest BCUT2D eigenvalue weighted by Gasteiger charge is -2.27. The van der Waals surface area contributed by atoms with E-state index in [1.54, 1.807) is 17.0 Å². The predicted molar refractivity (Wildman–Crippen MR) is 106 cm³/mol. The van der Waals surface area contributed by atoms with Gasteiger partial charge in [0.25, 0.3) is 5.91 Å². The van der Waals surface area contributed by atoms with E-state index in [4.69, 9.17) is 4.74 Å². The van der Waals surface area contributed by atoms with E-state index in [0.29, 0.717) is 0 Å². The molecule has 7 nitrogen and oxygen atoms in total. The van der Waals surface area contributed by atoms with Gasteiger partial charge >= 0.3 is 5.97 Å². The Hall–Kier alpha value is -2.35. The van der Waals surface area contributed by atoms with Crippen LogP contribution in [0, 0.1) is 0 Å². The van der Waals surface area contributed by atoms with Crippen LogP contribution in [0.5, 0.6) is 0 Å². The van der Waals surface area contributed by atoms with Gasteiger partial charge in [0.05, 0.1) is 17.5 Å². The number of rotatable bonds is 7. The number of ether oxygens (including phenoxy) is 1. The minimum atomic E-state index is -3.53. The molecule has 0 saturated heterocycles. The van der Waals surface area contributed by atoms with E-state index < -0.39 is 16.0 Å². The molecule has 1 fully saturated rings. The Kier molecular flexibility index (Phi) is 6.07. The van der Waals surface area contributed by atoms with Gasteiger partial charge in [0.15, 0.2) is 6.61 Å². The second-order valence-electron chi connectivity index (χ2n) is 7.26. The van der Waals surface area contributed by atoms with Gasteiger partial charge in [-0.3, -0.25) is 9.10 Å². The van der Waals surface area contributed by atoms with E-state index in [1.807, 2.05) is 0 Å². The van der Waals surface area contributed by atoms with Crippen molar-refractivity contribution in [3.8, 4) is 0 Å². The van der Waals surface area contributed by atoms with Gasteiger partial charge in [-0.15, -0.1) is 0 Å². The van der Waals surface area contributed by atoms with Crippen molar-refractivity contribution in [1.82, 2.24) is 4.90 Å². The highest BCUT2D eigenvalue weighted by molar-refractivity contribution is 7.92. The number of anilines is 1. The summed E-state index contributed by atoms with van der Waals surface area (Å²) in [6, 6.07) is 6.50. The number of sulfonamides is 1. The van der Waals surface area contributed by atoms with E-state index in [9.17, 15) is 18.0 Å². The third-order valence-electron chi connectivity index (χ3n) is 5.04. The fraction of sp³-hybridized carbons (Fsp3) is 0.500. The molecule has 0 aliphatic heterocycles. The zero-order valence-corrected chi connectivity index (χ0v) is 17.1. The van der Waals surface area contributed by atoms with Crippen LogP contribution < -0.4 is 4.31 Å². The molecule has 2 aliphatic carbocycles. The Morgan fingerprint density at radius 1 is 1.18 bits per heavy atom. The fourth-order valence-corrected chi connectivity index (χ4v) is 3.86.